The molecule has 1 aliphatic carbocycles. The molecule has 2 heteroatoms. The average Bonchev–Trinajstić information content (AvgIpc) is 2.27. The van der Waals surface area contributed by atoms with Crippen LogP contribution >= 0.6 is 0 Å². The molecule has 0 N–H and O–H groups in total. The molecule has 1 aliphatic rings. The quantitative estimate of drug-likeness (QED) is 0.298. The summed E-state index contributed by atoms with van der Waals surface area (Å²) in [7, 11) is 0. The van der Waals surface area contributed by atoms with Crippen molar-refractivity contribution < 1.29 is 9.47 Å². The average molecular weight is 208 g/mol. The Morgan fingerprint density at radius 2 is 2.07 bits per heavy atom. The highest BCUT2D eigenvalue weighted by Crippen LogP contribution is 2.22. The number of allylic oxidation sites excluding steroid dienone is 1. The van der Waals surface area contributed by atoms with Gasteiger partial charge in [0.15, 0.2) is 12.0 Å². The highest BCUT2D eigenvalue weighted by molar-refractivity contribution is 5.05. The van der Waals surface area contributed by atoms with Gasteiger partial charge in [-0.25, -0.2) is 0 Å². The standard InChI is InChI=1S/C13H20O2/c1-4-12(5-2)14-11(3)15-13-9-7-6-8-10-13/h4,11,13H,1-2,6-10H2,3H3. The Hall–Kier alpha value is -0.980. The van der Waals surface area contributed by atoms with Gasteiger partial charge in [0.1, 0.15) is 0 Å². The van der Waals surface area contributed by atoms with Crippen molar-refractivity contribution in [3.8, 4) is 0 Å². The zero-order valence-corrected chi connectivity index (χ0v) is 9.50. The number of ether oxygens (including phenoxy) is 2. The Bertz CT molecular complexity index is 245. The molecule has 1 saturated carbocycles. The first kappa shape index (κ1) is 12.1. The van der Waals surface area contributed by atoms with Crippen molar-refractivity contribution in [3.63, 3.8) is 0 Å². The van der Waals surface area contributed by atoms with Gasteiger partial charge in [0.25, 0.3) is 0 Å². The van der Waals surface area contributed by atoms with Gasteiger partial charge in [-0.05, 0) is 25.8 Å². The van der Waals surface area contributed by atoms with Gasteiger partial charge in [-0.3, -0.25) is 0 Å². The van der Waals surface area contributed by atoms with Crippen LogP contribution in [-0.4, -0.2) is 12.4 Å². The predicted molar refractivity (Wildman–Crippen MR) is 61.4 cm³/mol. The molecule has 0 aromatic rings. The molecule has 0 aromatic carbocycles. The molecular weight excluding hydrogens is 188 g/mol. The van der Waals surface area contributed by atoms with Crippen LogP contribution in [0, 0.1) is 0 Å². The molecular formula is C13H20O2. The lowest BCUT2D eigenvalue weighted by Crippen LogP contribution is -2.23. The van der Waals surface area contributed by atoms with Crippen molar-refractivity contribution >= 4 is 0 Å². The summed E-state index contributed by atoms with van der Waals surface area (Å²) in [6, 6.07) is 0. The molecule has 0 radical (unpaired) electrons. The highest BCUT2D eigenvalue weighted by Gasteiger charge is 2.17. The lowest BCUT2D eigenvalue weighted by Gasteiger charge is -2.25. The minimum atomic E-state index is -0.240. The summed E-state index contributed by atoms with van der Waals surface area (Å²) in [5, 5.41) is 0. The van der Waals surface area contributed by atoms with E-state index in [4.69, 9.17) is 9.47 Å². The summed E-state index contributed by atoms with van der Waals surface area (Å²) >= 11 is 0. The first-order chi connectivity index (χ1) is 7.26. The topological polar surface area (TPSA) is 18.5 Å². The minimum absolute atomic E-state index is 0.240. The molecule has 0 aromatic heterocycles. The van der Waals surface area contributed by atoms with Gasteiger partial charge in [0.05, 0.1) is 6.10 Å². The van der Waals surface area contributed by atoms with Gasteiger partial charge in [-0.2, -0.15) is 0 Å². The molecule has 0 aliphatic heterocycles. The molecule has 15 heavy (non-hydrogen) atoms. The molecule has 1 atom stereocenters. The van der Waals surface area contributed by atoms with E-state index in [1.54, 1.807) is 6.08 Å². The largest absolute Gasteiger partial charge is 0.458 e. The van der Waals surface area contributed by atoms with Gasteiger partial charge in [-0.15, -0.1) is 0 Å². The van der Waals surface area contributed by atoms with E-state index in [0.717, 1.165) is 12.8 Å². The molecule has 1 rings (SSSR count). The molecule has 1 fully saturated rings. The van der Waals surface area contributed by atoms with Crippen LogP contribution in [0.15, 0.2) is 30.7 Å². The van der Waals surface area contributed by atoms with Crippen LogP contribution in [-0.2, 0) is 9.47 Å². The summed E-state index contributed by atoms with van der Waals surface area (Å²) < 4.78 is 11.2. The van der Waals surface area contributed by atoms with Crippen LogP contribution in [0.5, 0.6) is 0 Å². The normalized spacial score (nSPS) is 19.0. The van der Waals surface area contributed by atoms with E-state index >= 15 is 0 Å². The molecule has 0 saturated heterocycles. The van der Waals surface area contributed by atoms with Crippen LogP contribution in [0.25, 0.3) is 0 Å². The van der Waals surface area contributed by atoms with Crippen molar-refractivity contribution in [2.45, 2.75) is 51.4 Å². The van der Waals surface area contributed by atoms with Crippen LogP contribution in [0.1, 0.15) is 39.0 Å². The Morgan fingerprint density at radius 1 is 1.40 bits per heavy atom. The fraction of sp³-hybridized carbons (Fsp3) is 0.615. The molecule has 0 bridgehead atoms. The third-order valence-electron chi connectivity index (χ3n) is 2.59. The van der Waals surface area contributed by atoms with E-state index in [2.05, 4.69) is 18.9 Å². The zero-order chi connectivity index (χ0) is 11.1. The molecule has 0 spiro atoms. The van der Waals surface area contributed by atoms with E-state index in [-0.39, 0.29) is 6.29 Å². The summed E-state index contributed by atoms with van der Waals surface area (Å²) in [5.41, 5.74) is 2.67. The van der Waals surface area contributed by atoms with Crippen molar-refractivity contribution in [2.75, 3.05) is 0 Å². The smallest absolute Gasteiger partial charge is 0.198 e. The second kappa shape index (κ2) is 6.49. The first-order valence-corrected chi connectivity index (χ1v) is 5.61. The monoisotopic (exact) mass is 208 g/mol. The molecule has 0 amide bonds. The summed E-state index contributed by atoms with van der Waals surface area (Å²) in [4.78, 5) is 0. The van der Waals surface area contributed by atoms with Crippen molar-refractivity contribution in [2.24, 2.45) is 0 Å². The minimum Gasteiger partial charge on any atom is -0.458 e. The van der Waals surface area contributed by atoms with E-state index in [1.807, 2.05) is 6.92 Å². The Balaban J connectivity index is 2.30. The second-order valence-corrected chi connectivity index (χ2v) is 3.83. The van der Waals surface area contributed by atoms with Gasteiger partial charge in [-0.1, -0.05) is 38.2 Å². The first-order valence-electron chi connectivity index (χ1n) is 5.61. The Kier molecular flexibility index (Phi) is 5.23. The SMILES string of the molecule is C=C=C(C=C)OC(C)OC1CCCCC1. The van der Waals surface area contributed by atoms with Crippen molar-refractivity contribution in [1.29, 1.82) is 0 Å². The number of hydrogen-bond acceptors (Lipinski definition) is 2. The third-order valence-corrected chi connectivity index (χ3v) is 2.59. The Morgan fingerprint density at radius 3 is 2.60 bits per heavy atom. The van der Waals surface area contributed by atoms with Crippen LogP contribution in [0.4, 0.5) is 0 Å². The van der Waals surface area contributed by atoms with Gasteiger partial charge < -0.3 is 9.47 Å². The molecule has 1 unspecified atom stereocenters. The number of hydrogen-bond donors (Lipinski definition) is 0. The number of rotatable bonds is 5. The van der Waals surface area contributed by atoms with Gasteiger partial charge in [0.2, 0.25) is 0 Å². The maximum Gasteiger partial charge on any atom is 0.198 e. The van der Waals surface area contributed by atoms with Crippen LogP contribution in [0.2, 0.25) is 0 Å². The van der Waals surface area contributed by atoms with Crippen molar-refractivity contribution in [3.05, 3.63) is 30.7 Å². The lowest BCUT2D eigenvalue weighted by molar-refractivity contribution is -0.142. The highest BCUT2D eigenvalue weighted by atomic mass is 16.7. The van der Waals surface area contributed by atoms with Gasteiger partial charge >= 0.3 is 0 Å². The zero-order valence-electron chi connectivity index (χ0n) is 9.50. The van der Waals surface area contributed by atoms with Crippen LogP contribution in [0.3, 0.4) is 0 Å². The molecule has 84 valence electrons. The second-order valence-electron chi connectivity index (χ2n) is 3.83. The predicted octanol–water partition coefficient (Wildman–Crippen LogP) is 3.55. The van der Waals surface area contributed by atoms with Crippen LogP contribution < -0.4 is 0 Å². The van der Waals surface area contributed by atoms with Crippen molar-refractivity contribution in [1.82, 2.24) is 0 Å². The van der Waals surface area contributed by atoms with Gasteiger partial charge in [0, 0.05) is 0 Å². The molecule has 0 heterocycles. The maximum atomic E-state index is 5.77. The van der Waals surface area contributed by atoms with E-state index < -0.39 is 0 Å². The summed E-state index contributed by atoms with van der Waals surface area (Å²) in [6.07, 6.45) is 7.86. The van der Waals surface area contributed by atoms with E-state index in [9.17, 15) is 0 Å². The summed E-state index contributed by atoms with van der Waals surface area (Å²) in [5.74, 6) is 0.554. The maximum absolute atomic E-state index is 5.77. The summed E-state index contributed by atoms with van der Waals surface area (Å²) in [6.45, 7) is 9.03. The van der Waals surface area contributed by atoms with E-state index in [0.29, 0.717) is 11.9 Å². The molecule has 2 nitrogen and oxygen atoms in total. The lowest BCUT2D eigenvalue weighted by atomic mass is 9.98. The Labute approximate surface area is 92.3 Å². The fourth-order valence-corrected chi connectivity index (χ4v) is 1.84. The fourth-order valence-electron chi connectivity index (χ4n) is 1.84. The third kappa shape index (κ3) is 4.37. The van der Waals surface area contributed by atoms with E-state index in [1.165, 1.54) is 19.3 Å².